The zero-order valence-corrected chi connectivity index (χ0v) is 18.0. The Morgan fingerprint density at radius 1 is 1.03 bits per heavy atom. The summed E-state index contributed by atoms with van der Waals surface area (Å²) >= 11 is 0. The molecule has 0 spiro atoms. The van der Waals surface area contributed by atoms with Gasteiger partial charge in [-0.05, 0) is 16.7 Å². The summed E-state index contributed by atoms with van der Waals surface area (Å²) in [5.74, 6) is -0.0464. The van der Waals surface area contributed by atoms with Crippen LogP contribution in [0.15, 0.2) is 60.8 Å². The molecule has 0 bridgehead atoms. The molecule has 32 heavy (non-hydrogen) atoms. The lowest BCUT2D eigenvalue weighted by Crippen LogP contribution is -2.56. The molecule has 164 valence electrons. The van der Waals surface area contributed by atoms with Gasteiger partial charge >= 0.3 is 0 Å². The molecule has 2 aliphatic rings. The lowest BCUT2D eigenvalue weighted by Gasteiger charge is -2.36. The van der Waals surface area contributed by atoms with E-state index in [9.17, 15) is 9.59 Å². The first-order chi connectivity index (χ1) is 15.7. The van der Waals surface area contributed by atoms with Crippen LogP contribution in [0.25, 0.3) is 11.1 Å². The van der Waals surface area contributed by atoms with Gasteiger partial charge in [0.25, 0.3) is 0 Å². The van der Waals surface area contributed by atoms with Crippen LogP contribution in [0, 0.1) is 0 Å². The molecule has 7 heteroatoms. The Hall–Kier alpha value is -3.45. The number of amides is 2. The number of rotatable bonds is 5. The zero-order valence-electron chi connectivity index (χ0n) is 18.0. The second kappa shape index (κ2) is 8.96. The van der Waals surface area contributed by atoms with Gasteiger partial charge in [-0.3, -0.25) is 19.6 Å². The third-order valence-corrected chi connectivity index (χ3v) is 6.41. The summed E-state index contributed by atoms with van der Waals surface area (Å²) in [5.41, 5.74) is 5.65. The van der Waals surface area contributed by atoms with Crippen LogP contribution in [-0.2, 0) is 29.1 Å². The van der Waals surface area contributed by atoms with E-state index in [1.807, 2.05) is 23.1 Å². The molecule has 1 unspecified atom stereocenters. The average Bonchev–Trinajstić information content (AvgIpc) is 3.30. The summed E-state index contributed by atoms with van der Waals surface area (Å²) < 4.78 is 0. The van der Waals surface area contributed by atoms with Gasteiger partial charge in [0, 0.05) is 50.4 Å². The van der Waals surface area contributed by atoms with Gasteiger partial charge in [0.1, 0.15) is 0 Å². The summed E-state index contributed by atoms with van der Waals surface area (Å²) in [6.07, 6.45) is 2.75. The van der Waals surface area contributed by atoms with Crippen molar-refractivity contribution in [1.29, 1.82) is 0 Å². The maximum atomic E-state index is 13.0. The first-order valence-electron chi connectivity index (χ1n) is 11.1. The number of aromatic nitrogens is 2. The minimum Gasteiger partial charge on any atom is -0.353 e. The van der Waals surface area contributed by atoms with Crippen molar-refractivity contribution in [3.8, 4) is 11.1 Å². The highest BCUT2D eigenvalue weighted by atomic mass is 16.2. The molecule has 1 fully saturated rings. The fourth-order valence-corrected chi connectivity index (χ4v) is 4.57. The van der Waals surface area contributed by atoms with E-state index < -0.39 is 6.04 Å². The Balaban J connectivity index is 1.26. The van der Waals surface area contributed by atoms with E-state index in [2.05, 4.69) is 56.8 Å². The van der Waals surface area contributed by atoms with Crippen molar-refractivity contribution < 1.29 is 9.59 Å². The van der Waals surface area contributed by atoms with E-state index in [1.54, 1.807) is 6.20 Å². The van der Waals surface area contributed by atoms with Crippen molar-refractivity contribution in [2.75, 3.05) is 19.6 Å². The number of piperazine rings is 1. The van der Waals surface area contributed by atoms with Crippen molar-refractivity contribution in [3.63, 3.8) is 0 Å². The molecule has 0 radical (unpaired) electrons. The van der Waals surface area contributed by atoms with Gasteiger partial charge in [-0.2, -0.15) is 5.10 Å². The molecule has 3 aromatic rings. The molecule has 2 aromatic carbocycles. The predicted octanol–water partition coefficient (Wildman–Crippen LogP) is 2.35. The number of hydrogen-bond donors (Lipinski definition) is 2. The van der Waals surface area contributed by atoms with Crippen molar-refractivity contribution >= 4 is 11.8 Å². The molecule has 7 nitrogen and oxygen atoms in total. The predicted molar refractivity (Wildman–Crippen MR) is 121 cm³/mol. The van der Waals surface area contributed by atoms with E-state index in [1.165, 1.54) is 11.1 Å². The first kappa shape index (κ1) is 20.5. The van der Waals surface area contributed by atoms with Crippen LogP contribution in [0.4, 0.5) is 0 Å². The standard InChI is InChI=1S/C25H27N5O2/c31-24(30-12-10-22-21(17-30)15-27-28-22)14-23-25(32)26-11-13-29(23)16-18-6-8-20(9-7-18)19-4-2-1-3-5-19/h1-9,15,23H,10-14,16-17H2,(H,26,32)(H,27,28). The van der Waals surface area contributed by atoms with E-state index in [0.29, 0.717) is 26.2 Å². The SMILES string of the molecule is O=C1NCCN(Cc2ccc(-c3ccccc3)cc2)C1CC(=O)N1CCc2[nH]ncc2C1. The normalized spacial score (nSPS) is 18.8. The number of benzene rings is 2. The van der Waals surface area contributed by atoms with Crippen LogP contribution >= 0.6 is 0 Å². The van der Waals surface area contributed by atoms with Gasteiger partial charge < -0.3 is 10.2 Å². The highest BCUT2D eigenvalue weighted by molar-refractivity contribution is 5.89. The number of aromatic amines is 1. The third kappa shape index (κ3) is 4.29. The second-order valence-corrected chi connectivity index (χ2v) is 8.48. The van der Waals surface area contributed by atoms with E-state index in [-0.39, 0.29) is 18.2 Å². The monoisotopic (exact) mass is 429 g/mol. The quantitative estimate of drug-likeness (QED) is 0.652. The first-order valence-corrected chi connectivity index (χ1v) is 11.1. The Labute approximate surface area is 187 Å². The van der Waals surface area contributed by atoms with E-state index in [0.717, 1.165) is 29.8 Å². The number of fused-ring (bicyclic) bond motifs is 1. The van der Waals surface area contributed by atoms with Crippen LogP contribution in [0.2, 0.25) is 0 Å². The number of carbonyl (C=O) groups is 2. The minimum absolute atomic E-state index is 0.0170. The van der Waals surface area contributed by atoms with Gasteiger partial charge in [-0.15, -0.1) is 0 Å². The zero-order chi connectivity index (χ0) is 21.9. The average molecular weight is 430 g/mol. The van der Waals surface area contributed by atoms with Gasteiger partial charge in [0.15, 0.2) is 0 Å². The fraction of sp³-hybridized carbons (Fsp3) is 0.320. The lowest BCUT2D eigenvalue weighted by atomic mass is 10.0. The Kier molecular flexibility index (Phi) is 5.73. The molecule has 2 aliphatic heterocycles. The van der Waals surface area contributed by atoms with Gasteiger partial charge in [-0.1, -0.05) is 54.6 Å². The summed E-state index contributed by atoms with van der Waals surface area (Å²) in [4.78, 5) is 29.7. The number of H-pyrrole nitrogens is 1. The number of carbonyl (C=O) groups excluding carboxylic acids is 2. The van der Waals surface area contributed by atoms with E-state index >= 15 is 0 Å². The molecular weight excluding hydrogens is 402 g/mol. The van der Waals surface area contributed by atoms with Crippen LogP contribution < -0.4 is 5.32 Å². The highest BCUT2D eigenvalue weighted by Gasteiger charge is 2.33. The molecule has 1 saturated heterocycles. The van der Waals surface area contributed by atoms with Crippen molar-refractivity contribution in [3.05, 3.63) is 77.6 Å². The molecule has 3 heterocycles. The van der Waals surface area contributed by atoms with Crippen LogP contribution in [0.3, 0.4) is 0 Å². The third-order valence-electron chi connectivity index (χ3n) is 6.41. The number of nitrogens with one attached hydrogen (secondary N) is 2. The molecule has 1 atom stereocenters. The lowest BCUT2D eigenvalue weighted by molar-refractivity contribution is -0.139. The Morgan fingerprint density at radius 2 is 1.81 bits per heavy atom. The summed E-state index contributed by atoms with van der Waals surface area (Å²) in [7, 11) is 0. The summed E-state index contributed by atoms with van der Waals surface area (Å²) in [5, 5.41) is 10.0. The Morgan fingerprint density at radius 3 is 2.62 bits per heavy atom. The van der Waals surface area contributed by atoms with Crippen LogP contribution in [-0.4, -0.2) is 57.5 Å². The minimum atomic E-state index is -0.448. The summed E-state index contributed by atoms with van der Waals surface area (Å²) in [6.45, 7) is 3.19. The second-order valence-electron chi connectivity index (χ2n) is 8.48. The topological polar surface area (TPSA) is 81.3 Å². The van der Waals surface area contributed by atoms with Gasteiger partial charge in [-0.25, -0.2) is 0 Å². The molecular formula is C25H27N5O2. The van der Waals surface area contributed by atoms with Crippen molar-refractivity contribution in [1.82, 2.24) is 25.3 Å². The maximum Gasteiger partial charge on any atom is 0.237 e. The molecule has 0 aliphatic carbocycles. The molecule has 0 saturated carbocycles. The number of nitrogens with zero attached hydrogens (tertiary/aromatic N) is 3. The van der Waals surface area contributed by atoms with Crippen molar-refractivity contribution in [2.24, 2.45) is 0 Å². The van der Waals surface area contributed by atoms with Gasteiger partial charge in [0.2, 0.25) is 11.8 Å². The van der Waals surface area contributed by atoms with Gasteiger partial charge in [0.05, 0.1) is 18.7 Å². The number of hydrogen-bond acceptors (Lipinski definition) is 4. The van der Waals surface area contributed by atoms with Crippen LogP contribution in [0.1, 0.15) is 23.2 Å². The molecule has 5 rings (SSSR count). The maximum absolute atomic E-state index is 13.0. The Bertz CT molecular complexity index is 1090. The fourth-order valence-electron chi connectivity index (χ4n) is 4.57. The smallest absolute Gasteiger partial charge is 0.237 e. The van der Waals surface area contributed by atoms with Crippen molar-refractivity contribution in [2.45, 2.75) is 32.0 Å². The van der Waals surface area contributed by atoms with Crippen LogP contribution in [0.5, 0.6) is 0 Å². The van der Waals surface area contributed by atoms with E-state index in [4.69, 9.17) is 0 Å². The molecule has 1 aromatic heterocycles. The molecule has 2 amide bonds. The highest BCUT2D eigenvalue weighted by Crippen LogP contribution is 2.22. The molecule has 2 N–H and O–H groups in total. The summed E-state index contributed by atoms with van der Waals surface area (Å²) in [6, 6.07) is 18.3. The largest absolute Gasteiger partial charge is 0.353 e.